The third-order valence-electron chi connectivity index (χ3n) is 7.83. The molecule has 1 unspecified atom stereocenters. The van der Waals surface area contributed by atoms with Crippen LogP contribution in [0.5, 0.6) is 5.75 Å². The lowest BCUT2D eigenvalue weighted by Crippen LogP contribution is -2.50. The van der Waals surface area contributed by atoms with Gasteiger partial charge < -0.3 is 19.9 Å². The fraction of sp³-hybridized carbons (Fsp3) is 0.375. The van der Waals surface area contributed by atoms with Crippen molar-refractivity contribution in [2.24, 2.45) is 0 Å². The molecule has 4 aromatic rings. The number of rotatable bonds is 8. The number of benzene rings is 3. The molecule has 0 amide bonds. The second kappa shape index (κ2) is 10.9. The molecular formula is C32H35F3N2O3. The monoisotopic (exact) mass is 552 g/mol. The van der Waals surface area contributed by atoms with Gasteiger partial charge in [0.25, 0.3) is 0 Å². The highest BCUT2D eigenvalue weighted by molar-refractivity contribution is 5.81. The summed E-state index contributed by atoms with van der Waals surface area (Å²) in [4.78, 5) is 5.36. The number of H-pyrrole nitrogens is 1. The van der Waals surface area contributed by atoms with Crippen LogP contribution in [0.25, 0.3) is 22.0 Å². The highest BCUT2D eigenvalue weighted by Crippen LogP contribution is 2.45. The first-order valence-electron chi connectivity index (χ1n) is 13.5. The summed E-state index contributed by atoms with van der Waals surface area (Å²) in [6.45, 7) is 7.05. The summed E-state index contributed by atoms with van der Waals surface area (Å²) in [5.74, 6) is -0.104. The van der Waals surface area contributed by atoms with E-state index in [1.54, 1.807) is 32.0 Å². The molecule has 5 rings (SSSR count). The van der Waals surface area contributed by atoms with Gasteiger partial charge in [-0.3, -0.25) is 4.90 Å². The molecule has 1 aromatic heterocycles. The molecule has 1 aliphatic rings. The maximum absolute atomic E-state index is 14.5. The van der Waals surface area contributed by atoms with Crippen LogP contribution < -0.4 is 0 Å². The molecule has 2 heterocycles. The van der Waals surface area contributed by atoms with Gasteiger partial charge in [0.05, 0.1) is 13.2 Å². The van der Waals surface area contributed by atoms with Crippen LogP contribution in [0.15, 0.2) is 72.8 Å². The fourth-order valence-electron chi connectivity index (χ4n) is 5.75. The first kappa shape index (κ1) is 28.2. The van der Waals surface area contributed by atoms with Crippen molar-refractivity contribution in [2.75, 3.05) is 26.3 Å². The molecule has 1 atom stereocenters. The van der Waals surface area contributed by atoms with Crippen LogP contribution in [0.3, 0.4) is 0 Å². The van der Waals surface area contributed by atoms with Gasteiger partial charge in [-0.25, -0.2) is 0 Å². The van der Waals surface area contributed by atoms with Gasteiger partial charge in [0.2, 0.25) is 0 Å². The second-order valence-corrected chi connectivity index (χ2v) is 11.5. The number of nitrogens with zero attached hydrogens (tertiary/aromatic N) is 1. The van der Waals surface area contributed by atoms with Crippen molar-refractivity contribution in [3.63, 3.8) is 0 Å². The van der Waals surface area contributed by atoms with Crippen molar-refractivity contribution in [1.29, 1.82) is 0 Å². The molecule has 3 N–H and O–H groups in total. The number of halogens is 3. The maximum atomic E-state index is 14.5. The number of morpholine rings is 1. The van der Waals surface area contributed by atoms with E-state index in [4.69, 9.17) is 4.74 Å². The number of aromatic hydroxyl groups is 1. The lowest BCUT2D eigenvalue weighted by Gasteiger charge is -2.38. The molecule has 8 heteroatoms. The predicted molar refractivity (Wildman–Crippen MR) is 150 cm³/mol. The van der Waals surface area contributed by atoms with E-state index in [0.717, 1.165) is 47.2 Å². The normalized spacial score (nSPS) is 16.8. The number of ether oxygens (including phenoxy) is 1. The molecule has 3 aromatic carbocycles. The summed E-state index contributed by atoms with van der Waals surface area (Å²) in [6, 6.07) is 21.9. The molecule has 40 heavy (non-hydrogen) atoms. The summed E-state index contributed by atoms with van der Waals surface area (Å²) < 4.78 is 49.0. The van der Waals surface area contributed by atoms with Crippen molar-refractivity contribution in [3.8, 4) is 16.9 Å². The smallest absolute Gasteiger partial charge is 0.417 e. The van der Waals surface area contributed by atoms with Gasteiger partial charge in [-0.2, -0.15) is 13.2 Å². The Hall–Kier alpha value is -3.33. The topological polar surface area (TPSA) is 68.7 Å². The molecule has 1 fully saturated rings. The summed E-state index contributed by atoms with van der Waals surface area (Å²) in [5, 5.41) is 22.7. The first-order valence-corrected chi connectivity index (χ1v) is 13.5. The minimum Gasteiger partial charge on any atom is -0.508 e. The van der Waals surface area contributed by atoms with Gasteiger partial charge in [-0.1, -0.05) is 56.3 Å². The van der Waals surface area contributed by atoms with Crippen molar-refractivity contribution in [3.05, 3.63) is 89.6 Å². The summed E-state index contributed by atoms with van der Waals surface area (Å²) in [5.41, 5.74) is -0.118. The van der Waals surface area contributed by atoms with Crippen LogP contribution in [0.1, 0.15) is 37.1 Å². The van der Waals surface area contributed by atoms with Crippen molar-refractivity contribution >= 4 is 10.9 Å². The van der Waals surface area contributed by atoms with Gasteiger partial charge in [0.15, 0.2) is 5.60 Å². The van der Waals surface area contributed by atoms with E-state index in [1.807, 2.05) is 48.5 Å². The van der Waals surface area contributed by atoms with Crippen molar-refractivity contribution in [1.82, 2.24) is 9.88 Å². The minimum absolute atomic E-state index is 0.104. The van der Waals surface area contributed by atoms with Crippen LogP contribution >= 0.6 is 0 Å². The van der Waals surface area contributed by atoms with Crippen molar-refractivity contribution < 1.29 is 28.1 Å². The molecule has 1 saturated heterocycles. The summed E-state index contributed by atoms with van der Waals surface area (Å²) in [7, 11) is 0. The van der Waals surface area contributed by atoms with E-state index in [-0.39, 0.29) is 5.75 Å². The highest BCUT2D eigenvalue weighted by Gasteiger charge is 2.56. The lowest BCUT2D eigenvalue weighted by atomic mass is 9.72. The van der Waals surface area contributed by atoms with E-state index in [2.05, 4.69) is 9.88 Å². The Morgan fingerprint density at radius 2 is 1.62 bits per heavy atom. The first-order chi connectivity index (χ1) is 18.9. The van der Waals surface area contributed by atoms with Gasteiger partial charge >= 0.3 is 6.18 Å². The molecule has 0 radical (unpaired) electrons. The number of hydrogen-bond acceptors (Lipinski definition) is 4. The zero-order chi connectivity index (χ0) is 28.5. The summed E-state index contributed by atoms with van der Waals surface area (Å²) in [6.07, 6.45) is -6.16. The Kier molecular flexibility index (Phi) is 7.70. The van der Waals surface area contributed by atoms with E-state index in [0.29, 0.717) is 24.5 Å². The Morgan fingerprint density at radius 1 is 0.900 bits per heavy atom. The molecule has 1 aliphatic heterocycles. The molecular weight excluding hydrogens is 517 g/mol. The number of aromatic amines is 1. The number of phenolic OH excluding ortho intramolecular Hbond substituents is 1. The minimum atomic E-state index is -4.89. The number of nitrogens with one attached hydrogen (secondary N) is 1. The Morgan fingerprint density at radius 3 is 2.33 bits per heavy atom. The fourth-order valence-corrected chi connectivity index (χ4v) is 5.75. The van der Waals surface area contributed by atoms with Crippen LogP contribution in [0, 0.1) is 0 Å². The third kappa shape index (κ3) is 6.04. The van der Waals surface area contributed by atoms with Crippen molar-refractivity contribution in [2.45, 2.75) is 50.4 Å². The third-order valence-corrected chi connectivity index (χ3v) is 7.83. The van der Waals surface area contributed by atoms with Gasteiger partial charge in [-0.05, 0) is 64.2 Å². The van der Waals surface area contributed by atoms with Crippen LogP contribution in [-0.4, -0.2) is 58.2 Å². The van der Waals surface area contributed by atoms with Crippen LogP contribution in [0.4, 0.5) is 13.2 Å². The largest absolute Gasteiger partial charge is 0.508 e. The van der Waals surface area contributed by atoms with Crippen LogP contribution in [-0.2, 0) is 23.1 Å². The average molecular weight is 553 g/mol. The Balaban J connectivity index is 1.41. The molecule has 0 saturated carbocycles. The highest BCUT2D eigenvalue weighted by atomic mass is 19.4. The standard InChI is InChI=1S/C32H35F3N2O3/c1-30(2,27-18-24(9-11-29(27)38)23-6-4-3-5-7-23)21-31(39,32(33,34)35)19-26-17-25-16-22(8-10-28(25)36-26)20-37-12-14-40-15-13-37/h3-11,16-18,36,38-39H,12-15,19-21H2,1-2H3. The Labute approximate surface area is 232 Å². The number of alkyl halides is 3. The summed E-state index contributed by atoms with van der Waals surface area (Å²) >= 11 is 0. The number of hydrogen-bond donors (Lipinski definition) is 3. The van der Waals surface area contributed by atoms with Gasteiger partial charge in [0.1, 0.15) is 5.75 Å². The molecule has 212 valence electrons. The van der Waals surface area contributed by atoms with Gasteiger partial charge in [-0.15, -0.1) is 0 Å². The van der Waals surface area contributed by atoms with Gasteiger partial charge in [0, 0.05) is 42.8 Å². The zero-order valence-corrected chi connectivity index (χ0v) is 22.8. The average Bonchev–Trinajstić information content (AvgIpc) is 3.30. The lowest BCUT2D eigenvalue weighted by molar-refractivity contribution is -0.266. The van der Waals surface area contributed by atoms with Crippen LogP contribution in [0.2, 0.25) is 0 Å². The number of phenols is 1. The second-order valence-electron chi connectivity index (χ2n) is 11.5. The molecule has 0 spiro atoms. The number of aliphatic hydroxyl groups is 1. The van der Waals surface area contributed by atoms with E-state index < -0.39 is 30.0 Å². The molecule has 5 nitrogen and oxygen atoms in total. The molecule has 0 bridgehead atoms. The molecule has 0 aliphatic carbocycles. The number of fused-ring (bicyclic) bond motifs is 1. The Bertz CT molecular complexity index is 1460. The number of aromatic nitrogens is 1. The quantitative estimate of drug-likeness (QED) is 0.231. The van der Waals surface area contributed by atoms with E-state index in [1.165, 1.54) is 6.07 Å². The zero-order valence-electron chi connectivity index (χ0n) is 22.8. The SMILES string of the molecule is CC(C)(CC(O)(Cc1cc2cc(CN3CCOCC3)ccc2[nH]1)C(F)(F)F)c1cc(-c2ccccc2)ccc1O. The maximum Gasteiger partial charge on any atom is 0.417 e. The predicted octanol–water partition coefficient (Wildman–Crippen LogP) is 6.58. The van der Waals surface area contributed by atoms with E-state index in [9.17, 15) is 23.4 Å². The van der Waals surface area contributed by atoms with E-state index >= 15 is 0 Å².